The maximum atomic E-state index is 12.7. The van der Waals surface area contributed by atoms with Crippen LogP contribution in [-0.4, -0.2) is 47.0 Å². The minimum absolute atomic E-state index is 0.200. The molecule has 2 fully saturated rings. The molecular weight excluding hydrogens is 329 g/mol. The number of rotatable bonds is 3. The van der Waals surface area contributed by atoms with Crippen LogP contribution >= 0.6 is 23.2 Å². The van der Waals surface area contributed by atoms with Crippen molar-refractivity contribution < 1.29 is 19.4 Å². The maximum Gasteiger partial charge on any atom is 0.309 e. The van der Waals surface area contributed by atoms with Crippen LogP contribution in [0.25, 0.3) is 5.43 Å². The first-order valence-corrected chi connectivity index (χ1v) is 7.35. The lowest BCUT2D eigenvalue weighted by molar-refractivity contribution is -0.487. The average Bonchev–Trinajstić information content (AvgIpc) is 3.13. The molecule has 1 aliphatic carbocycles. The lowest BCUT2D eigenvalue weighted by atomic mass is 10.0. The predicted octanol–water partition coefficient (Wildman–Crippen LogP) is 1.81. The second-order valence-corrected chi connectivity index (χ2v) is 6.28. The van der Waals surface area contributed by atoms with E-state index < -0.39 is 23.3 Å². The molecular formula is C14H13Cl2N3O3. The number of hydrogen-bond donors (Lipinski definition) is 2. The third kappa shape index (κ3) is 2.27. The largest absolute Gasteiger partial charge is 0.481 e. The molecule has 1 spiro atoms. The molecule has 22 heavy (non-hydrogen) atoms. The van der Waals surface area contributed by atoms with Gasteiger partial charge in [-0.2, -0.15) is 0 Å². The number of carboxylic acid groups (broad SMARTS) is 1. The number of halogens is 2. The van der Waals surface area contributed by atoms with E-state index in [0.717, 1.165) is 0 Å². The van der Waals surface area contributed by atoms with Crippen LogP contribution < -0.4 is 5.32 Å². The smallest absolute Gasteiger partial charge is 0.309 e. The first-order chi connectivity index (χ1) is 10.4. The van der Waals surface area contributed by atoms with Crippen molar-refractivity contribution in [1.82, 2.24) is 5.32 Å². The number of Topliss-reactive ketones (excluding diaryl/α,β-unsaturated/α-hetero) is 1. The number of nitrogens with one attached hydrogen (secondary N) is 1. The van der Waals surface area contributed by atoms with E-state index >= 15 is 0 Å². The Morgan fingerprint density at radius 2 is 2.09 bits per heavy atom. The molecule has 1 saturated carbocycles. The zero-order valence-corrected chi connectivity index (χ0v) is 12.9. The minimum Gasteiger partial charge on any atom is -0.481 e. The van der Waals surface area contributed by atoms with Gasteiger partial charge < -0.3 is 10.5 Å². The fourth-order valence-electron chi connectivity index (χ4n) is 2.99. The van der Waals surface area contributed by atoms with Crippen molar-refractivity contribution >= 4 is 41.7 Å². The van der Waals surface area contributed by atoms with E-state index in [9.17, 15) is 14.7 Å². The van der Waals surface area contributed by atoms with Gasteiger partial charge in [-0.05, 0) is 18.2 Å². The molecule has 0 radical (unpaired) electrons. The highest BCUT2D eigenvalue weighted by atomic mass is 35.5. The first-order valence-electron chi connectivity index (χ1n) is 6.59. The van der Waals surface area contributed by atoms with Gasteiger partial charge in [0.05, 0.1) is 21.9 Å². The van der Waals surface area contributed by atoms with E-state index in [1.165, 1.54) is 16.8 Å². The molecule has 0 amide bonds. The Morgan fingerprint density at radius 1 is 1.36 bits per heavy atom. The fourth-order valence-corrected chi connectivity index (χ4v) is 3.29. The number of benzene rings is 1. The lowest BCUT2D eigenvalue weighted by Gasteiger charge is -2.32. The van der Waals surface area contributed by atoms with Crippen LogP contribution in [0.15, 0.2) is 18.2 Å². The molecule has 0 aromatic heterocycles. The second kappa shape index (κ2) is 5.22. The van der Waals surface area contributed by atoms with Gasteiger partial charge in [0.15, 0.2) is 12.5 Å². The summed E-state index contributed by atoms with van der Waals surface area (Å²) in [4.78, 5) is 24.1. The zero-order chi connectivity index (χ0) is 16.1. The Balaban J connectivity index is 1.89. The quantitative estimate of drug-likeness (QED) is 0.648. The standard InChI is InChI=1S/C14H13Cl2N3O3/c1-19-6-17-14(5-18-19)10(11(14)13(21)22)12(20)7-2-3-8(15)9(16)4-7/h2-4,10-11,17H,1,5-6H2,(H,21,22). The molecule has 6 nitrogen and oxygen atoms in total. The highest BCUT2D eigenvalue weighted by Crippen LogP contribution is 2.54. The molecule has 2 N–H and O–H groups in total. The summed E-state index contributed by atoms with van der Waals surface area (Å²) in [6.45, 7) is 4.15. The molecule has 116 valence electrons. The Hall–Kier alpha value is -1.63. The maximum absolute atomic E-state index is 12.7. The molecule has 8 heteroatoms. The zero-order valence-electron chi connectivity index (χ0n) is 11.4. The van der Waals surface area contributed by atoms with E-state index in [1.54, 1.807) is 6.07 Å². The van der Waals surface area contributed by atoms with Crippen molar-refractivity contribution in [3.05, 3.63) is 39.2 Å². The van der Waals surface area contributed by atoms with Gasteiger partial charge in [0.1, 0.15) is 6.72 Å². The molecule has 1 aromatic carbocycles. The van der Waals surface area contributed by atoms with Gasteiger partial charge in [0, 0.05) is 11.1 Å². The minimum atomic E-state index is -1.02. The van der Waals surface area contributed by atoms with Crippen molar-refractivity contribution in [2.45, 2.75) is 5.54 Å². The highest BCUT2D eigenvalue weighted by molar-refractivity contribution is 6.42. The number of ketones is 1. The fraction of sp³-hybridized carbons (Fsp3) is 0.357. The van der Waals surface area contributed by atoms with Crippen LogP contribution in [0.4, 0.5) is 0 Å². The van der Waals surface area contributed by atoms with Crippen LogP contribution in [-0.2, 0) is 4.79 Å². The van der Waals surface area contributed by atoms with Gasteiger partial charge in [0.25, 0.3) is 0 Å². The van der Waals surface area contributed by atoms with Crippen LogP contribution in [0.1, 0.15) is 10.4 Å². The summed E-state index contributed by atoms with van der Waals surface area (Å²) < 4.78 is 1.43. The summed E-state index contributed by atoms with van der Waals surface area (Å²) in [7, 11) is 0. The van der Waals surface area contributed by atoms with Gasteiger partial charge >= 0.3 is 5.97 Å². The Morgan fingerprint density at radius 3 is 2.64 bits per heavy atom. The van der Waals surface area contributed by atoms with Crippen LogP contribution in [0.5, 0.6) is 0 Å². The Kier molecular flexibility index (Phi) is 3.63. The topological polar surface area (TPSA) is 83.5 Å². The van der Waals surface area contributed by atoms with Crippen molar-refractivity contribution in [3.63, 3.8) is 0 Å². The number of hydrogen-bond acceptors (Lipinski definition) is 3. The molecule has 1 aromatic rings. The molecule has 1 aliphatic heterocycles. The van der Waals surface area contributed by atoms with Gasteiger partial charge in [-0.3, -0.25) is 19.6 Å². The van der Waals surface area contributed by atoms with Crippen molar-refractivity contribution in [2.75, 3.05) is 13.2 Å². The van der Waals surface area contributed by atoms with E-state index in [1.807, 2.05) is 0 Å². The summed E-state index contributed by atoms with van der Waals surface area (Å²) in [6.07, 6.45) is 0. The van der Waals surface area contributed by atoms with Crippen LogP contribution in [0.3, 0.4) is 0 Å². The first kappa shape index (κ1) is 15.3. The van der Waals surface area contributed by atoms with Gasteiger partial charge in [-0.25, -0.2) is 0 Å². The molecule has 3 rings (SSSR count). The Bertz CT molecular complexity index is 682. The molecule has 0 bridgehead atoms. The lowest BCUT2D eigenvalue weighted by Crippen LogP contribution is -2.48. The monoisotopic (exact) mass is 341 g/mol. The molecule has 2 aliphatic rings. The molecule has 1 saturated heterocycles. The van der Waals surface area contributed by atoms with Gasteiger partial charge in [0.2, 0.25) is 0 Å². The number of carboxylic acids is 1. The van der Waals surface area contributed by atoms with Crippen molar-refractivity contribution in [3.8, 4) is 0 Å². The van der Waals surface area contributed by atoms with Crippen LogP contribution in [0.2, 0.25) is 10.0 Å². The summed E-state index contributed by atoms with van der Waals surface area (Å²) >= 11 is 11.8. The van der Waals surface area contributed by atoms with Gasteiger partial charge in [-0.1, -0.05) is 29.7 Å². The third-order valence-corrected chi connectivity index (χ3v) is 4.95. The number of carbonyl (C=O) groups excluding carboxylic acids is 1. The molecule has 3 unspecified atom stereocenters. The number of aliphatic carboxylic acids is 1. The van der Waals surface area contributed by atoms with Crippen molar-refractivity contribution in [2.24, 2.45) is 11.8 Å². The average molecular weight is 342 g/mol. The second-order valence-electron chi connectivity index (χ2n) is 5.47. The summed E-state index contributed by atoms with van der Waals surface area (Å²) in [5, 5.41) is 13.1. The third-order valence-electron chi connectivity index (χ3n) is 4.21. The van der Waals surface area contributed by atoms with Gasteiger partial charge in [-0.15, -0.1) is 0 Å². The van der Waals surface area contributed by atoms with Crippen molar-refractivity contribution in [1.29, 1.82) is 0 Å². The van der Waals surface area contributed by atoms with Crippen LogP contribution in [0, 0.1) is 11.8 Å². The molecule has 3 atom stereocenters. The van der Waals surface area contributed by atoms with E-state index in [2.05, 4.69) is 17.5 Å². The van der Waals surface area contributed by atoms with E-state index in [-0.39, 0.29) is 17.4 Å². The molecule has 1 heterocycles. The Labute approximate surface area is 136 Å². The van der Waals surface area contributed by atoms with E-state index in [0.29, 0.717) is 17.3 Å². The SMILES string of the molecule is C=[N+]1CNC2(C[N-]1)C(C(=O)O)C2C(=O)c1ccc(Cl)c(Cl)c1. The van der Waals surface area contributed by atoms with E-state index in [4.69, 9.17) is 23.2 Å². The normalized spacial score (nSPS) is 30.0. The predicted molar refractivity (Wildman–Crippen MR) is 81.7 cm³/mol. The summed E-state index contributed by atoms with van der Waals surface area (Å²) in [6, 6.07) is 4.54. The number of carbonyl (C=O) groups is 2. The summed E-state index contributed by atoms with van der Waals surface area (Å²) in [5.74, 6) is -2.78. The highest BCUT2D eigenvalue weighted by Gasteiger charge is 2.70. The number of nitrogens with zero attached hydrogens (tertiary/aromatic N) is 2. The summed E-state index contributed by atoms with van der Waals surface area (Å²) in [5.41, 5.74) is 3.64.